The second kappa shape index (κ2) is 3.46. The molecule has 14 heavy (non-hydrogen) atoms. The quantitative estimate of drug-likeness (QED) is 0.785. The van der Waals surface area contributed by atoms with Gasteiger partial charge in [-0.25, -0.2) is 0 Å². The van der Waals surface area contributed by atoms with E-state index < -0.39 is 0 Å². The Morgan fingerprint density at radius 1 is 1.36 bits per heavy atom. The Hall–Kier alpha value is -1.28. The van der Waals surface area contributed by atoms with Gasteiger partial charge in [0.15, 0.2) is 0 Å². The maximum atomic E-state index is 5.79. The zero-order valence-corrected chi connectivity index (χ0v) is 8.79. The van der Waals surface area contributed by atoms with Crippen LogP contribution in [0.15, 0.2) is 28.7 Å². The first-order chi connectivity index (χ1) is 6.72. The lowest BCUT2D eigenvalue weighted by Crippen LogP contribution is -2.10. The number of nitrogens with one attached hydrogen (secondary N) is 1. The highest BCUT2D eigenvalue weighted by atomic mass is 16.3. The molecule has 0 radical (unpaired) electrons. The maximum Gasteiger partial charge on any atom is 0.137 e. The van der Waals surface area contributed by atoms with Crippen LogP contribution in [0.1, 0.15) is 24.3 Å². The molecule has 0 amide bonds. The summed E-state index contributed by atoms with van der Waals surface area (Å²) in [7, 11) is 1.94. The lowest BCUT2D eigenvalue weighted by molar-refractivity contribution is 0.474. The molecule has 1 unspecified atom stereocenters. The largest absolute Gasteiger partial charge is 0.459 e. The summed E-state index contributed by atoms with van der Waals surface area (Å²) in [6, 6.07) is 8.57. The molecule has 1 N–H and O–H groups in total. The lowest BCUT2D eigenvalue weighted by atomic mass is 10.1. The number of hydrogen-bond acceptors (Lipinski definition) is 2. The van der Waals surface area contributed by atoms with Crippen molar-refractivity contribution in [3.8, 4) is 0 Å². The van der Waals surface area contributed by atoms with Crippen LogP contribution in [-0.2, 0) is 0 Å². The summed E-state index contributed by atoms with van der Waals surface area (Å²) in [4.78, 5) is 0. The fourth-order valence-corrected chi connectivity index (χ4v) is 1.58. The van der Waals surface area contributed by atoms with E-state index in [1.807, 2.05) is 7.05 Å². The van der Waals surface area contributed by atoms with Gasteiger partial charge < -0.3 is 9.73 Å². The highest BCUT2D eigenvalue weighted by molar-refractivity contribution is 5.80. The van der Waals surface area contributed by atoms with Crippen LogP contribution < -0.4 is 5.32 Å². The normalized spacial score (nSPS) is 13.4. The monoisotopic (exact) mass is 189 g/mol. The van der Waals surface area contributed by atoms with Crippen molar-refractivity contribution in [1.29, 1.82) is 0 Å². The van der Waals surface area contributed by atoms with Gasteiger partial charge in [-0.3, -0.25) is 0 Å². The fraction of sp³-hybridized carbons (Fsp3) is 0.333. The lowest BCUT2D eigenvalue weighted by Gasteiger charge is -2.04. The first-order valence-corrected chi connectivity index (χ1v) is 4.88. The molecule has 1 aromatic carbocycles. The molecule has 0 fully saturated rings. The molecule has 0 bridgehead atoms. The topological polar surface area (TPSA) is 25.2 Å². The molecule has 0 saturated carbocycles. The van der Waals surface area contributed by atoms with E-state index in [0.29, 0.717) is 0 Å². The minimum atomic E-state index is 0.266. The molecule has 0 aliphatic heterocycles. The van der Waals surface area contributed by atoms with Crippen LogP contribution in [0.2, 0.25) is 0 Å². The summed E-state index contributed by atoms with van der Waals surface area (Å²) < 4.78 is 5.79. The molecule has 2 heteroatoms. The first kappa shape index (κ1) is 9.28. The third-order valence-electron chi connectivity index (χ3n) is 2.62. The third-order valence-corrected chi connectivity index (χ3v) is 2.62. The van der Waals surface area contributed by atoms with Crippen molar-refractivity contribution >= 4 is 11.0 Å². The van der Waals surface area contributed by atoms with E-state index in [1.54, 1.807) is 0 Å². The van der Waals surface area contributed by atoms with E-state index >= 15 is 0 Å². The zero-order valence-electron chi connectivity index (χ0n) is 8.79. The first-order valence-electron chi connectivity index (χ1n) is 4.88. The highest BCUT2D eigenvalue weighted by Gasteiger charge is 2.09. The number of rotatable bonds is 2. The smallest absolute Gasteiger partial charge is 0.137 e. The molecular formula is C12H15NO. The van der Waals surface area contributed by atoms with Crippen LogP contribution in [0.5, 0.6) is 0 Å². The molecule has 74 valence electrons. The molecule has 0 aliphatic rings. The van der Waals surface area contributed by atoms with Crippen LogP contribution in [0.3, 0.4) is 0 Å². The van der Waals surface area contributed by atoms with Crippen LogP contribution in [0.4, 0.5) is 0 Å². The second-order valence-electron chi connectivity index (χ2n) is 3.65. The molecule has 2 nitrogen and oxygen atoms in total. The Bertz CT molecular complexity index is 445. The van der Waals surface area contributed by atoms with Crippen LogP contribution >= 0.6 is 0 Å². The van der Waals surface area contributed by atoms with Gasteiger partial charge in [-0.15, -0.1) is 0 Å². The molecule has 1 aromatic heterocycles. The minimum Gasteiger partial charge on any atom is -0.459 e. The number of fused-ring (bicyclic) bond motifs is 1. The van der Waals surface area contributed by atoms with Crippen molar-refractivity contribution < 1.29 is 4.42 Å². The van der Waals surface area contributed by atoms with Crippen molar-refractivity contribution in [3.63, 3.8) is 0 Å². The molecular weight excluding hydrogens is 174 g/mol. The van der Waals surface area contributed by atoms with Crippen LogP contribution in [0.25, 0.3) is 11.0 Å². The molecule has 1 atom stereocenters. The van der Waals surface area contributed by atoms with Crippen LogP contribution in [0, 0.1) is 6.92 Å². The van der Waals surface area contributed by atoms with E-state index in [-0.39, 0.29) is 6.04 Å². The fourth-order valence-electron chi connectivity index (χ4n) is 1.58. The number of benzene rings is 1. The zero-order chi connectivity index (χ0) is 10.1. The number of aryl methyl sites for hydroxylation is 1. The van der Waals surface area contributed by atoms with Gasteiger partial charge in [-0.05, 0) is 32.5 Å². The Balaban J connectivity index is 2.56. The predicted octanol–water partition coefficient (Wildman–Crippen LogP) is 3.02. The van der Waals surface area contributed by atoms with Gasteiger partial charge in [0.2, 0.25) is 0 Å². The number of furan rings is 1. The van der Waals surface area contributed by atoms with Crippen molar-refractivity contribution in [2.24, 2.45) is 0 Å². The molecule has 0 saturated heterocycles. The summed E-state index contributed by atoms with van der Waals surface area (Å²) in [6.45, 7) is 4.16. The number of para-hydroxylation sites is 1. The van der Waals surface area contributed by atoms with E-state index in [0.717, 1.165) is 11.3 Å². The molecule has 1 heterocycles. The molecule has 2 rings (SSSR count). The molecule has 0 spiro atoms. The van der Waals surface area contributed by atoms with Gasteiger partial charge >= 0.3 is 0 Å². The maximum absolute atomic E-state index is 5.79. The Kier molecular flexibility index (Phi) is 2.30. The van der Waals surface area contributed by atoms with E-state index in [2.05, 4.69) is 43.4 Å². The third kappa shape index (κ3) is 1.42. The van der Waals surface area contributed by atoms with Crippen LogP contribution in [-0.4, -0.2) is 7.05 Å². The van der Waals surface area contributed by atoms with Gasteiger partial charge in [-0.1, -0.05) is 18.2 Å². The summed E-state index contributed by atoms with van der Waals surface area (Å²) >= 11 is 0. The minimum absolute atomic E-state index is 0.266. The van der Waals surface area contributed by atoms with E-state index in [4.69, 9.17) is 4.42 Å². The average molecular weight is 189 g/mol. The van der Waals surface area contributed by atoms with Gasteiger partial charge in [-0.2, -0.15) is 0 Å². The molecule has 2 aromatic rings. The van der Waals surface area contributed by atoms with Gasteiger partial charge in [0, 0.05) is 5.39 Å². The summed E-state index contributed by atoms with van der Waals surface area (Å²) in [6.07, 6.45) is 0. The Labute approximate surface area is 83.9 Å². The molecule has 0 aliphatic carbocycles. The van der Waals surface area contributed by atoms with Gasteiger partial charge in [0.25, 0.3) is 0 Å². The van der Waals surface area contributed by atoms with E-state index in [1.165, 1.54) is 10.9 Å². The van der Waals surface area contributed by atoms with Crippen molar-refractivity contribution in [1.82, 2.24) is 5.32 Å². The van der Waals surface area contributed by atoms with Gasteiger partial charge in [0.05, 0.1) is 6.04 Å². The second-order valence-corrected chi connectivity index (χ2v) is 3.65. The number of hydrogen-bond donors (Lipinski definition) is 1. The average Bonchev–Trinajstić information content (AvgIpc) is 2.62. The van der Waals surface area contributed by atoms with Crippen molar-refractivity contribution in [2.75, 3.05) is 7.05 Å². The Morgan fingerprint density at radius 2 is 2.14 bits per heavy atom. The summed E-state index contributed by atoms with van der Waals surface area (Å²) in [5.41, 5.74) is 2.20. The summed E-state index contributed by atoms with van der Waals surface area (Å²) in [5, 5.41) is 4.35. The Morgan fingerprint density at radius 3 is 2.79 bits per heavy atom. The van der Waals surface area contributed by atoms with Crippen molar-refractivity contribution in [2.45, 2.75) is 19.9 Å². The van der Waals surface area contributed by atoms with Crippen molar-refractivity contribution in [3.05, 3.63) is 35.6 Å². The van der Waals surface area contributed by atoms with E-state index in [9.17, 15) is 0 Å². The highest BCUT2D eigenvalue weighted by Crippen LogP contribution is 2.25. The van der Waals surface area contributed by atoms with Gasteiger partial charge in [0.1, 0.15) is 11.3 Å². The SMILES string of the molecule is CNC(C)c1cc2cccc(C)c2o1. The summed E-state index contributed by atoms with van der Waals surface area (Å²) in [5.74, 6) is 0.997. The predicted molar refractivity (Wildman–Crippen MR) is 58.4 cm³/mol. The standard InChI is InChI=1S/C12H15NO/c1-8-5-4-6-10-7-11(9(2)13-3)14-12(8)10/h4-7,9,13H,1-3H3.